The molecule has 2 aromatic rings. The summed E-state index contributed by atoms with van der Waals surface area (Å²) in [4.78, 5) is 24.5. The lowest BCUT2D eigenvalue weighted by atomic mass is 10.1. The van der Waals surface area contributed by atoms with Crippen LogP contribution in [0.25, 0.3) is 0 Å². The molecule has 2 amide bonds. The zero-order chi connectivity index (χ0) is 19.4. The first kappa shape index (κ1) is 19.2. The molecule has 1 aromatic heterocycles. The van der Waals surface area contributed by atoms with Gasteiger partial charge in [0.05, 0.1) is 13.0 Å². The van der Waals surface area contributed by atoms with E-state index in [1.807, 2.05) is 0 Å². The molecule has 0 aliphatic rings. The molecule has 1 aromatic carbocycles. The van der Waals surface area contributed by atoms with Crippen molar-refractivity contribution < 1.29 is 18.4 Å². The third-order valence-corrected chi connectivity index (χ3v) is 4.20. The first-order valence-corrected chi connectivity index (χ1v) is 7.87. The fourth-order valence-electron chi connectivity index (χ4n) is 2.76. The number of nitrogens with zero attached hydrogens (tertiary/aromatic N) is 1. The number of carbonyl (C=O) groups is 2. The normalized spacial score (nSPS) is 10.3. The highest BCUT2D eigenvalue weighted by Crippen LogP contribution is 2.23. The van der Waals surface area contributed by atoms with Crippen LogP contribution in [0.15, 0.2) is 18.2 Å². The summed E-state index contributed by atoms with van der Waals surface area (Å²) in [5, 5.41) is 5.13. The van der Waals surface area contributed by atoms with Crippen molar-refractivity contribution in [3.8, 4) is 12.3 Å². The standard InChI is InChI=1S/C19H19F2N3O2/c1-5-8-22-17(25)10-14-11(2)18(24(4)12(14)3)19(26)23-13-6-7-15(20)16(21)9-13/h1,6-7,9H,8,10H2,2-4H3,(H,22,25)(H,23,26). The Hall–Kier alpha value is -3.14. The molecule has 0 aliphatic heterocycles. The van der Waals surface area contributed by atoms with E-state index in [9.17, 15) is 18.4 Å². The average molecular weight is 359 g/mol. The summed E-state index contributed by atoms with van der Waals surface area (Å²) < 4.78 is 28.0. The van der Waals surface area contributed by atoms with Crippen molar-refractivity contribution in [2.75, 3.05) is 11.9 Å². The summed E-state index contributed by atoms with van der Waals surface area (Å²) in [6, 6.07) is 3.12. The maximum absolute atomic E-state index is 13.3. The molecule has 0 bridgehead atoms. The molecule has 0 unspecified atom stereocenters. The summed E-state index contributed by atoms with van der Waals surface area (Å²) >= 11 is 0. The molecule has 0 radical (unpaired) electrons. The highest BCUT2D eigenvalue weighted by Gasteiger charge is 2.22. The van der Waals surface area contributed by atoms with Crippen molar-refractivity contribution in [1.29, 1.82) is 0 Å². The minimum Gasteiger partial charge on any atom is -0.345 e. The molecule has 0 spiro atoms. The summed E-state index contributed by atoms with van der Waals surface area (Å²) in [7, 11) is 1.70. The minimum atomic E-state index is -1.05. The second-order valence-corrected chi connectivity index (χ2v) is 5.84. The summed E-state index contributed by atoms with van der Waals surface area (Å²) in [5.41, 5.74) is 2.60. The van der Waals surface area contributed by atoms with E-state index >= 15 is 0 Å². The molecule has 0 saturated heterocycles. The minimum absolute atomic E-state index is 0.0889. The molecule has 0 atom stereocenters. The molecule has 2 rings (SSSR count). The number of halogens is 2. The van der Waals surface area contributed by atoms with Crippen molar-refractivity contribution >= 4 is 17.5 Å². The number of anilines is 1. The Kier molecular flexibility index (Phi) is 5.78. The first-order valence-electron chi connectivity index (χ1n) is 7.87. The van der Waals surface area contributed by atoms with Gasteiger partial charge in [-0.15, -0.1) is 6.42 Å². The van der Waals surface area contributed by atoms with Crippen molar-refractivity contribution in [2.45, 2.75) is 20.3 Å². The fourth-order valence-corrected chi connectivity index (χ4v) is 2.76. The lowest BCUT2D eigenvalue weighted by Crippen LogP contribution is -2.25. The molecular formula is C19H19F2N3O2. The Morgan fingerprint density at radius 2 is 1.92 bits per heavy atom. The molecule has 0 fully saturated rings. The van der Waals surface area contributed by atoms with Gasteiger partial charge in [0.25, 0.3) is 5.91 Å². The topological polar surface area (TPSA) is 63.1 Å². The number of benzene rings is 1. The van der Waals surface area contributed by atoms with Crippen LogP contribution in [0, 0.1) is 37.8 Å². The number of terminal acetylenes is 1. The maximum Gasteiger partial charge on any atom is 0.272 e. The van der Waals surface area contributed by atoms with E-state index in [0.29, 0.717) is 11.3 Å². The van der Waals surface area contributed by atoms with Crippen LogP contribution in [0.3, 0.4) is 0 Å². The van der Waals surface area contributed by atoms with E-state index in [1.54, 1.807) is 25.5 Å². The number of nitrogens with one attached hydrogen (secondary N) is 2. The van der Waals surface area contributed by atoms with Gasteiger partial charge >= 0.3 is 0 Å². The SMILES string of the molecule is C#CCNC(=O)Cc1c(C)c(C(=O)Nc2ccc(F)c(F)c2)n(C)c1C. The number of rotatable bonds is 5. The number of aromatic nitrogens is 1. The number of hydrogen-bond acceptors (Lipinski definition) is 2. The molecule has 0 aliphatic carbocycles. The first-order chi connectivity index (χ1) is 12.3. The largest absolute Gasteiger partial charge is 0.345 e. The zero-order valence-electron chi connectivity index (χ0n) is 14.7. The van der Waals surface area contributed by atoms with E-state index in [2.05, 4.69) is 16.6 Å². The summed E-state index contributed by atoms with van der Waals surface area (Å²) in [5.74, 6) is -0.434. The van der Waals surface area contributed by atoms with Gasteiger partial charge in [0.2, 0.25) is 5.91 Å². The van der Waals surface area contributed by atoms with Crippen LogP contribution in [-0.4, -0.2) is 22.9 Å². The lowest BCUT2D eigenvalue weighted by Gasteiger charge is -2.08. The van der Waals surface area contributed by atoms with Crippen molar-refractivity contribution in [3.05, 3.63) is 52.3 Å². The third-order valence-electron chi connectivity index (χ3n) is 4.20. The van der Waals surface area contributed by atoms with Gasteiger partial charge in [-0.1, -0.05) is 5.92 Å². The van der Waals surface area contributed by atoms with Crippen LogP contribution >= 0.6 is 0 Å². The van der Waals surface area contributed by atoms with Crippen LogP contribution in [-0.2, 0) is 18.3 Å². The molecule has 7 heteroatoms. The molecule has 2 N–H and O–H groups in total. The molecule has 1 heterocycles. The quantitative estimate of drug-likeness (QED) is 0.806. The van der Waals surface area contributed by atoms with Gasteiger partial charge in [-0.25, -0.2) is 8.78 Å². The van der Waals surface area contributed by atoms with Gasteiger partial charge in [-0.3, -0.25) is 9.59 Å². The van der Waals surface area contributed by atoms with Gasteiger partial charge in [0.1, 0.15) is 5.69 Å². The van der Waals surface area contributed by atoms with E-state index in [1.165, 1.54) is 6.07 Å². The second-order valence-electron chi connectivity index (χ2n) is 5.84. The number of hydrogen-bond donors (Lipinski definition) is 2. The molecule has 5 nitrogen and oxygen atoms in total. The van der Waals surface area contributed by atoms with E-state index in [4.69, 9.17) is 6.42 Å². The second kappa shape index (κ2) is 7.83. The Morgan fingerprint density at radius 3 is 2.54 bits per heavy atom. The number of carbonyl (C=O) groups excluding carboxylic acids is 2. The highest BCUT2D eigenvalue weighted by molar-refractivity contribution is 6.04. The Labute approximate surface area is 150 Å². The van der Waals surface area contributed by atoms with E-state index in [-0.39, 0.29) is 24.6 Å². The monoisotopic (exact) mass is 359 g/mol. The van der Waals surface area contributed by atoms with Crippen LogP contribution in [0.5, 0.6) is 0 Å². The van der Waals surface area contributed by atoms with E-state index < -0.39 is 17.5 Å². The maximum atomic E-state index is 13.3. The average Bonchev–Trinajstić information content (AvgIpc) is 2.80. The molecule has 26 heavy (non-hydrogen) atoms. The lowest BCUT2D eigenvalue weighted by molar-refractivity contribution is -0.120. The van der Waals surface area contributed by atoms with Gasteiger partial charge < -0.3 is 15.2 Å². The van der Waals surface area contributed by atoms with Gasteiger partial charge in [-0.2, -0.15) is 0 Å². The molecule has 136 valence electrons. The van der Waals surface area contributed by atoms with Gasteiger partial charge in [0, 0.05) is 24.5 Å². The predicted molar refractivity (Wildman–Crippen MR) is 94.7 cm³/mol. The van der Waals surface area contributed by atoms with Crippen LogP contribution < -0.4 is 10.6 Å². The zero-order valence-corrected chi connectivity index (χ0v) is 14.7. The van der Waals surface area contributed by atoms with Crippen LogP contribution in [0.4, 0.5) is 14.5 Å². The van der Waals surface area contributed by atoms with Crippen molar-refractivity contribution in [2.24, 2.45) is 7.05 Å². The smallest absolute Gasteiger partial charge is 0.272 e. The Balaban J connectivity index is 2.27. The third kappa shape index (κ3) is 3.91. The highest BCUT2D eigenvalue weighted by atomic mass is 19.2. The van der Waals surface area contributed by atoms with Crippen molar-refractivity contribution in [3.63, 3.8) is 0 Å². The van der Waals surface area contributed by atoms with E-state index in [0.717, 1.165) is 23.4 Å². The van der Waals surface area contributed by atoms with Gasteiger partial charge in [-0.05, 0) is 37.1 Å². The predicted octanol–water partition coefficient (Wildman–Crippen LogP) is 2.46. The van der Waals surface area contributed by atoms with Crippen LogP contribution in [0.1, 0.15) is 27.3 Å². The summed E-state index contributed by atoms with van der Waals surface area (Å²) in [6.07, 6.45) is 5.21. The molecule has 0 saturated carbocycles. The summed E-state index contributed by atoms with van der Waals surface area (Å²) in [6.45, 7) is 3.66. The van der Waals surface area contributed by atoms with Crippen LogP contribution in [0.2, 0.25) is 0 Å². The van der Waals surface area contributed by atoms with Crippen molar-refractivity contribution in [1.82, 2.24) is 9.88 Å². The molecular weight excluding hydrogens is 340 g/mol. The Morgan fingerprint density at radius 1 is 1.23 bits per heavy atom. The number of amides is 2. The fraction of sp³-hybridized carbons (Fsp3) is 0.263. The Bertz CT molecular complexity index is 910. The van der Waals surface area contributed by atoms with Gasteiger partial charge in [0.15, 0.2) is 11.6 Å².